The van der Waals surface area contributed by atoms with E-state index in [1.165, 1.54) is 0 Å². The van der Waals surface area contributed by atoms with Gasteiger partial charge < -0.3 is 74.4 Å². The molecule has 0 atom stereocenters. The molecule has 0 amide bonds. The van der Waals surface area contributed by atoms with E-state index in [-0.39, 0.29) is 95.5 Å². The van der Waals surface area contributed by atoms with E-state index in [2.05, 4.69) is 0 Å². The molecule has 0 rings (SSSR count). The zero-order valence-corrected chi connectivity index (χ0v) is 9.22. The van der Waals surface area contributed by atoms with Crippen molar-refractivity contribution in [1.82, 2.24) is 0 Å². The Morgan fingerprint density at radius 2 is 0.286 bits per heavy atom. The quantitative estimate of drug-likeness (QED) is 0.390. The number of halogens is 6. The van der Waals surface area contributed by atoms with Crippen LogP contribution in [0.1, 0.15) is 0 Å². The standard InChI is InChI=1S/6ClH.Mo/h6*1H;/q;;;;;;+3/p-6. The summed E-state index contributed by atoms with van der Waals surface area (Å²) in [5, 5.41) is 0. The van der Waals surface area contributed by atoms with Crippen LogP contribution in [-0.4, -0.2) is 0 Å². The maximum absolute atomic E-state index is 0. The van der Waals surface area contributed by atoms with Gasteiger partial charge in [-0.1, -0.05) is 0 Å². The molecule has 51 valence electrons. The maximum Gasteiger partial charge on any atom is 3.00 e. The second-order valence-electron chi connectivity index (χ2n) is 0. The van der Waals surface area contributed by atoms with Gasteiger partial charge in [0.1, 0.15) is 0 Å². The van der Waals surface area contributed by atoms with Gasteiger partial charge in [-0.25, -0.2) is 0 Å². The van der Waals surface area contributed by atoms with Gasteiger partial charge in [0, 0.05) is 0 Å². The van der Waals surface area contributed by atoms with Gasteiger partial charge in [0.05, 0.1) is 0 Å². The number of rotatable bonds is 0. The summed E-state index contributed by atoms with van der Waals surface area (Å²) < 4.78 is 0. The average molecular weight is 309 g/mol. The van der Waals surface area contributed by atoms with E-state index in [1.54, 1.807) is 0 Å². The van der Waals surface area contributed by atoms with Crippen LogP contribution < -0.4 is 74.4 Å². The first-order valence-electron chi connectivity index (χ1n) is 0. The van der Waals surface area contributed by atoms with Crippen LogP contribution in [0.3, 0.4) is 0 Å². The van der Waals surface area contributed by atoms with Crippen LogP contribution in [0.2, 0.25) is 0 Å². The summed E-state index contributed by atoms with van der Waals surface area (Å²) >= 11 is 0. The summed E-state index contributed by atoms with van der Waals surface area (Å²) in [6, 6.07) is 0. The van der Waals surface area contributed by atoms with Gasteiger partial charge in [-0.15, -0.1) is 0 Å². The zero-order valence-electron chi connectivity index (χ0n) is 2.68. The van der Waals surface area contributed by atoms with Crippen molar-refractivity contribution in [3.05, 3.63) is 0 Å². The molecular weight excluding hydrogens is 309 g/mol. The van der Waals surface area contributed by atoms with Crippen LogP contribution in [-0.2, 0) is 21.1 Å². The molecule has 0 unspecified atom stereocenters. The molecular formula is Cl6Mo-3. The van der Waals surface area contributed by atoms with Crippen molar-refractivity contribution in [3.63, 3.8) is 0 Å². The fourth-order valence-electron chi connectivity index (χ4n) is 0. The molecule has 0 aromatic carbocycles. The van der Waals surface area contributed by atoms with Gasteiger partial charge in [0.25, 0.3) is 0 Å². The minimum atomic E-state index is 0. The fraction of sp³-hybridized carbons (Fsp3) is 0. The molecule has 0 heterocycles. The summed E-state index contributed by atoms with van der Waals surface area (Å²) in [4.78, 5) is 0. The number of hydrogen-bond donors (Lipinski definition) is 0. The van der Waals surface area contributed by atoms with E-state index in [0.29, 0.717) is 0 Å². The zero-order chi connectivity index (χ0) is 0. The Hall–Kier alpha value is 2.43. The van der Waals surface area contributed by atoms with E-state index in [0.717, 1.165) is 0 Å². The average Bonchev–Trinajstić information content (AvgIpc) is 0. The smallest absolute Gasteiger partial charge is 1.00 e. The molecule has 0 aromatic rings. The van der Waals surface area contributed by atoms with E-state index >= 15 is 0 Å². The van der Waals surface area contributed by atoms with Crippen molar-refractivity contribution in [2.24, 2.45) is 0 Å². The van der Waals surface area contributed by atoms with Gasteiger partial charge in [0.2, 0.25) is 0 Å². The van der Waals surface area contributed by atoms with E-state index < -0.39 is 0 Å². The SMILES string of the molecule is [Cl-].[Cl-].[Cl-].[Cl-].[Cl-].[Cl-].[Mo+3]. The Balaban J connectivity index is 0. The molecule has 7 heteroatoms. The largest absolute Gasteiger partial charge is 3.00 e. The summed E-state index contributed by atoms with van der Waals surface area (Å²) in [5.41, 5.74) is 0. The van der Waals surface area contributed by atoms with Gasteiger partial charge >= 0.3 is 21.1 Å². The van der Waals surface area contributed by atoms with Crippen molar-refractivity contribution in [1.29, 1.82) is 0 Å². The Morgan fingerprint density at radius 3 is 0.286 bits per heavy atom. The third kappa shape index (κ3) is 59.1. The van der Waals surface area contributed by atoms with Crippen molar-refractivity contribution >= 4 is 0 Å². The summed E-state index contributed by atoms with van der Waals surface area (Å²) in [7, 11) is 0. The molecule has 0 saturated carbocycles. The Kier molecular flexibility index (Phi) is 1280. The molecule has 0 aliphatic carbocycles. The fourth-order valence-corrected chi connectivity index (χ4v) is 0. The van der Waals surface area contributed by atoms with Crippen molar-refractivity contribution in [2.45, 2.75) is 0 Å². The number of hydrogen-bond acceptors (Lipinski definition) is 0. The van der Waals surface area contributed by atoms with Crippen LogP contribution in [0.15, 0.2) is 0 Å². The Bertz CT molecular complexity index is 4.14. The van der Waals surface area contributed by atoms with Gasteiger partial charge in [-0.05, 0) is 0 Å². The summed E-state index contributed by atoms with van der Waals surface area (Å²) in [6.45, 7) is 0. The van der Waals surface area contributed by atoms with Crippen LogP contribution in [0.5, 0.6) is 0 Å². The Labute approximate surface area is 94.7 Å². The van der Waals surface area contributed by atoms with Crippen LogP contribution in [0.25, 0.3) is 0 Å². The molecule has 0 saturated heterocycles. The molecule has 7 heavy (non-hydrogen) atoms. The second kappa shape index (κ2) is 78.9. The van der Waals surface area contributed by atoms with E-state index in [4.69, 9.17) is 0 Å². The molecule has 0 aliphatic rings. The summed E-state index contributed by atoms with van der Waals surface area (Å²) in [6.07, 6.45) is 0. The molecule has 0 spiro atoms. The molecule has 0 fully saturated rings. The minimum absolute atomic E-state index is 0. The third-order valence-electron chi connectivity index (χ3n) is 0. The predicted molar refractivity (Wildman–Crippen MR) is 0 cm³/mol. The van der Waals surface area contributed by atoms with Gasteiger partial charge in [-0.2, -0.15) is 0 Å². The molecule has 0 aliphatic heterocycles. The van der Waals surface area contributed by atoms with Crippen molar-refractivity contribution in [2.75, 3.05) is 0 Å². The minimum Gasteiger partial charge on any atom is -1.00 e. The van der Waals surface area contributed by atoms with Gasteiger partial charge in [-0.3, -0.25) is 0 Å². The Morgan fingerprint density at radius 1 is 0.286 bits per heavy atom. The maximum atomic E-state index is 0. The second-order valence-corrected chi connectivity index (χ2v) is 0. The first-order valence-corrected chi connectivity index (χ1v) is 0. The first-order chi connectivity index (χ1) is 0. The van der Waals surface area contributed by atoms with Crippen LogP contribution in [0, 0.1) is 0 Å². The van der Waals surface area contributed by atoms with Gasteiger partial charge in [0.15, 0.2) is 0 Å². The van der Waals surface area contributed by atoms with Crippen LogP contribution >= 0.6 is 0 Å². The first kappa shape index (κ1) is 114. The molecule has 0 aromatic heterocycles. The molecule has 0 bridgehead atoms. The predicted octanol–water partition coefficient (Wildman–Crippen LogP) is -18.0. The summed E-state index contributed by atoms with van der Waals surface area (Å²) in [5.74, 6) is 0. The third-order valence-corrected chi connectivity index (χ3v) is 0. The topological polar surface area (TPSA) is 0 Å². The van der Waals surface area contributed by atoms with Crippen molar-refractivity contribution < 1.29 is 95.5 Å². The normalized spacial score (nSPS) is 0. The monoisotopic (exact) mass is 308 g/mol. The van der Waals surface area contributed by atoms with Crippen molar-refractivity contribution in [3.8, 4) is 0 Å². The molecule has 0 N–H and O–H groups in total. The van der Waals surface area contributed by atoms with Crippen LogP contribution in [0.4, 0.5) is 0 Å². The molecule has 0 nitrogen and oxygen atoms in total. The van der Waals surface area contributed by atoms with E-state index in [1.807, 2.05) is 0 Å². The van der Waals surface area contributed by atoms with E-state index in [9.17, 15) is 0 Å². The molecule has 1 radical (unpaired) electrons.